The molecule has 6 nitrogen and oxygen atoms in total. The molecule has 2 aromatic heterocycles. The Bertz CT molecular complexity index is 1570. The van der Waals surface area contributed by atoms with E-state index in [0.29, 0.717) is 6.04 Å². The van der Waals surface area contributed by atoms with Crippen LogP contribution >= 0.6 is 24.8 Å². The lowest BCUT2D eigenvalue weighted by atomic mass is 9.91. The second-order valence-electron chi connectivity index (χ2n) is 11.3. The maximum Gasteiger partial charge on any atom is 0.0626 e. The molecule has 0 radical (unpaired) electrons. The second kappa shape index (κ2) is 15.8. The number of hydrogen-bond donors (Lipinski definition) is 5. The molecule has 3 aromatic carbocycles. The fourth-order valence-corrected chi connectivity index (χ4v) is 6.72. The van der Waals surface area contributed by atoms with E-state index in [9.17, 15) is 5.11 Å². The SMILES string of the molecule is COCCNC1CCCc2c1[nH]c1ccccc21.Cl.Cl.OC[C@H](NC1CCCc2c1[nH]c1ccccc21)c1ccccc1. The van der Waals surface area contributed by atoms with Crippen LogP contribution in [0.5, 0.6) is 0 Å². The van der Waals surface area contributed by atoms with Gasteiger partial charge >= 0.3 is 0 Å². The minimum absolute atomic E-state index is 0. The summed E-state index contributed by atoms with van der Waals surface area (Å²) in [6, 6.07) is 28.0. The third-order valence-electron chi connectivity index (χ3n) is 8.71. The van der Waals surface area contributed by atoms with Crippen molar-refractivity contribution in [2.24, 2.45) is 0 Å². The molecule has 2 heterocycles. The van der Waals surface area contributed by atoms with E-state index >= 15 is 0 Å². The van der Waals surface area contributed by atoms with E-state index in [1.54, 1.807) is 7.11 Å². The Morgan fingerprint density at radius 2 is 1.30 bits per heavy atom. The van der Waals surface area contributed by atoms with Gasteiger partial charge < -0.3 is 25.1 Å². The van der Waals surface area contributed by atoms with Crippen molar-refractivity contribution in [2.75, 3.05) is 26.9 Å². The highest BCUT2D eigenvalue weighted by Crippen LogP contribution is 2.36. The van der Waals surface area contributed by atoms with Crippen LogP contribution in [0.2, 0.25) is 0 Å². The molecule has 5 aromatic rings. The zero-order valence-corrected chi connectivity index (χ0v) is 26.4. The highest BCUT2D eigenvalue weighted by molar-refractivity contribution is 5.86. The van der Waals surface area contributed by atoms with Crippen molar-refractivity contribution >= 4 is 46.6 Å². The van der Waals surface area contributed by atoms with Crippen molar-refractivity contribution in [2.45, 2.75) is 56.7 Å². The minimum atomic E-state index is -0.0291. The summed E-state index contributed by atoms with van der Waals surface area (Å²) in [5, 5.41) is 19.8. The van der Waals surface area contributed by atoms with E-state index in [4.69, 9.17) is 4.74 Å². The number of hydrogen-bond acceptors (Lipinski definition) is 4. The van der Waals surface area contributed by atoms with Crippen LogP contribution in [0.4, 0.5) is 0 Å². The Labute approximate surface area is 266 Å². The van der Waals surface area contributed by atoms with Gasteiger partial charge in [0.1, 0.15) is 0 Å². The van der Waals surface area contributed by atoms with Gasteiger partial charge in [0.05, 0.1) is 19.3 Å². The maximum absolute atomic E-state index is 9.83. The van der Waals surface area contributed by atoms with E-state index in [1.165, 1.54) is 70.0 Å². The molecule has 5 N–H and O–H groups in total. The van der Waals surface area contributed by atoms with Gasteiger partial charge in [0.15, 0.2) is 0 Å². The molecule has 0 spiro atoms. The lowest BCUT2D eigenvalue weighted by Gasteiger charge is -2.28. The number of aromatic amines is 2. The molecule has 3 atom stereocenters. The number of H-pyrrole nitrogens is 2. The third-order valence-corrected chi connectivity index (χ3v) is 8.71. The van der Waals surface area contributed by atoms with Crippen molar-refractivity contribution in [1.29, 1.82) is 0 Å². The normalized spacial score (nSPS) is 18.0. The number of methoxy groups -OCH3 is 1. The molecule has 0 aliphatic heterocycles. The molecule has 2 unspecified atom stereocenters. The summed E-state index contributed by atoms with van der Waals surface area (Å²) in [4.78, 5) is 7.19. The second-order valence-corrected chi connectivity index (χ2v) is 11.3. The van der Waals surface area contributed by atoms with Crippen LogP contribution in [0, 0.1) is 0 Å². The van der Waals surface area contributed by atoms with E-state index in [-0.39, 0.29) is 43.5 Å². The van der Waals surface area contributed by atoms with Crippen molar-refractivity contribution in [1.82, 2.24) is 20.6 Å². The van der Waals surface area contributed by atoms with Crippen LogP contribution < -0.4 is 10.6 Å². The van der Waals surface area contributed by atoms with Crippen molar-refractivity contribution in [3.63, 3.8) is 0 Å². The fraction of sp³-hybridized carbons (Fsp3) is 0.371. The van der Waals surface area contributed by atoms with Gasteiger partial charge in [-0.3, -0.25) is 5.32 Å². The minimum Gasteiger partial charge on any atom is -0.394 e. The van der Waals surface area contributed by atoms with Gasteiger partial charge in [-0.2, -0.15) is 0 Å². The smallest absolute Gasteiger partial charge is 0.0626 e. The molecular formula is C35H44Cl2N4O2. The number of aromatic nitrogens is 2. The van der Waals surface area contributed by atoms with Gasteiger partial charge in [-0.1, -0.05) is 66.7 Å². The van der Waals surface area contributed by atoms with Crippen molar-refractivity contribution in [3.05, 3.63) is 107 Å². The van der Waals surface area contributed by atoms with Crippen LogP contribution in [0.25, 0.3) is 21.8 Å². The number of nitrogens with one attached hydrogen (secondary N) is 4. The predicted octanol–water partition coefficient (Wildman–Crippen LogP) is 7.49. The monoisotopic (exact) mass is 622 g/mol. The molecule has 2 aliphatic carbocycles. The van der Waals surface area contributed by atoms with Gasteiger partial charge in [-0.05, 0) is 67.3 Å². The summed E-state index contributed by atoms with van der Waals surface area (Å²) in [6.07, 6.45) is 7.08. The predicted molar refractivity (Wildman–Crippen MR) is 182 cm³/mol. The number of rotatable bonds is 8. The molecule has 0 saturated heterocycles. The van der Waals surface area contributed by atoms with E-state index < -0.39 is 0 Å². The molecule has 0 bridgehead atoms. The average molecular weight is 624 g/mol. The number of aliphatic hydroxyl groups excluding tert-OH is 1. The molecule has 0 saturated carbocycles. The number of para-hydroxylation sites is 2. The first-order chi connectivity index (χ1) is 20.3. The highest BCUT2D eigenvalue weighted by atomic mass is 35.5. The van der Waals surface area contributed by atoms with Crippen molar-refractivity contribution in [3.8, 4) is 0 Å². The topological polar surface area (TPSA) is 85.1 Å². The molecular weight excluding hydrogens is 579 g/mol. The molecule has 2 aliphatic rings. The van der Waals surface area contributed by atoms with Crippen molar-refractivity contribution < 1.29 is 9.84 Å². The van der Waals surface area contributed by atoms with Crippen LogP contribution in [0.1, 0.15) is 71.9 Å². The summed E-state index contributed by atoms with van der Waals surface area (Å²) in [6.45, 7) is 1.79. The number of aliphatic hydroxyl groups is 1. The molecule has 8 heteroatoms. The third kappa shape index (κ3) is 7.28. The number of halogens is 2. The van der Waals surface area contributed by atoms with Crippen LogP contribution in [-0.2, 0) is 17.6 Å². The van der Waals surface area contributed by atoms with Crippen LogP contribution in [-0.4, -0.2) is 41.9 Å². The van der Waals surface area contributed by atoms with Crippen LogP contribution in [0.3, 0.4) is 0 Å². The average Bonchev–Trinajstić information content (AvgIpc) is 3.60. The van der Waals surface area contributed by atoms with Gasteiger partial charge in [0.2, 0.25) is 0 Å². The number of fused-ring (bicyclic) bond motifs is 6. The first-order valence-electron chi connectivity index (χ1n) is 15.1. The van der Waals surface area contributed by atoms with E-state index in [2.05, 4.69) is 81.3 Å². The molecule has 0 amide bonds. The van der Waals surface area contributed by atoms with Gasteiger partial charge in [-0.15, -0.1) is 24.8 Å². The Kier molecular flexibility index (Phi) is 12.1. The first kappa shape index (κ1) is 33.1. The first-order valence-corrected chi connectivity index (χ1v) is 15.1. The summed E-state index contributed by atoms with van der Waals surface area (Å²) in [7, 11) is 1.75. The highest BCUT2D eigenvalue weighted by Gasteiger charge is 2.26. The number of ether oxygens (including phenoxy) is 1. The Morgan fingerprint density at radius 1 is 0.767 bits per heavy atom. The zero-order valence-electron chi connectivity index (χ0n) is 24.8. The summed E-state index contributed by atoms with van der Waals surface area (Å²) >= 11 is 0. The Balaban J connectivity index is 0.000000193. The van der Waals surface area contributed by atoms with Crippen LogP contribution in [0.15, 0.2) is 78.9 Å². The number of benzene rings is 3. The summed E-state index contributed by atoms with van der Waals surface area (Å²) in [5.74, 6) is 0. The largest absolute Gasteiger partial charge is 0.394 e. The zero-order chi connectivity index (χ0) is 28.0. The van der Waals surface area contributed by atoms with E-state index in [0.717, 1.165) is 31.6 Å². The molecule has 43 heavy (non-hydrogen) atoms. The lowest BCUT2D eigenvalue weighted by Crippen LogP contribution is -2.31. The molecule has 7 rings (SSSR count). The molecule has 0 fully saturated rings. The maximum atomic E-state index is 9.83. The Morgan fingerprint density at radius 3 is 1.88 bits per heavy atom. The Hall–Kier alpha value is -2.84. The lowest BCUT2D eigenvalue weighted by molar-refractivity contribution is 0.194. The van der Waals surface area contributed by atoms with E-state index in [1.807, 2.05) is 18.2 Å². The summed E-state index contributed by atoms with van der Waals surface area (Å²) < 4.78 is 5.11. The quantitative estimate of drug-likeness (QED) is 0.116. The van der Waals surface area contributed by atoms with Gasteiger partial charge in [0.25, 0.3) is 0 Å². The fourth-order valence-electron chi connectivity index (χ4n) is 6.72. The standard InChI is InChI=1S/C20H22N2O.C15H20N2O.2ClH/c23-13-19(14-7-2-1-3-8-14)21-18-12-6-10-16-15-9-4-5-11-17(15)22-20(16)18;1-18-10-9-16-14-8-4-6-12-11-5-2-3-7-13(11)17-15(12)14;;/h1-5,7-9,11,18-19,21-23H,6,10,12-13H2;2-3,5,7,14,16-17H,4,6,8-10H2,1H3;2*1H/t18?,19-;;;/m0.../s1. The van der Waals surface area contributed by atoms with Gasteiger partial charge in [0, 0.05) is 58.9 Å². The number of aryl methyl sites for hydroxylation is 2. The summed E-state index contributed by atoms with van der Waals surface area (Å²) in [5.41, 5.74) is 9.25. The molecule has 230 valence electrons. The van der Waals surface area contributed by atoms with Gasteiger partial charge in [-0.25, -0.2) is 0 Å².